The molecule has 0 fully saturated rings. The summed E-state index contributed by atoms with van der Waals surface area (Å²) in [5.41, 5.74) is 1.84. The number of ether oxygens (including phenoxy) is 1. The van der Waals surface area contributed by atoms with Gasteiger partial charge in [-0.25, -0.2) is 19.9 Å². The molecule has 0 saturated heterocycles. The van der Waals surface area contributed by atoms with Gasteiger partial charge in [-0.1, -0.05) is 13.8 Å². The van der Waals surface area contributed by atoms with E-state index in [9.17, 15) is 14.4 Å². The predicted octanol–water partition coefficient (Wildman–Crippen LogP) is -0.501. The number of rotatable bonds is 6. The topological polar surface area (TPSA) is 114 Å². The van der Waals surface area contributed by atoms with Crippen LogP contribution in [0.1, 0.15) is 13.8 Å². The van der Waals surface area contributed by atoms with E-state index in [1.165, 1.54) is 7.11 Å². The number of hydroxylamine groups is 1. The van der Waals surface area contributed by atoms with Crippen LogP contribution in [0.3, 0.4) is 0 Å². The molecule has 8 nitrogen and oxygen atoms in total. The minimum atomic E-state index is -1.22. The molecular formula is C9H16N2O6. The number of nitrogens with one attached hydrogen (secondary N) is 2. The molecule has 17 heavy (non-hydrogen) atoms. The highest BCUT2D eigenvalue weighted by atomic mass is 16.7. The molecule has 8 heteroatoms. The number of carboxylic acid groups (broad SMARTS) is 1. The van der Waals surface area contributed by atoms with Crippen LogP contribution in [0.4, 0.5) is 4.79 Å². The van der Waals surface area contributed by atoms with Crippen LogP contribution in [-0.2, 0) is 19.2 Å². The third-order valence-corrected chi connectivity index (χ3v) is 1.77. The number of methoxy groups -OCH3 is 1. The summed E-state index contributed by atoms with van der Waals surface area (Å²) in [4.78, 5) is 36.9. The number of esters is 1. The molecule has 0 saturated carbocycles. The highest BCUT2D eigenvalue weighted by Gasteiger charge is 2.24. The summed E-state index contributed by atoms with van der Waals surface area (Å²) >= 11 is 0. The standard InChI is InChI=1S/C9H16N2O6/c1-5(2)7(8(14)16-3)10-9(15)11-17-4-6(12)13/h5,7H,4H2,1-3H3,(H,12,13)(H2,10,11,15). The van der Waals surface area contributed by atoms with Gasteiger partial charge in [-0.15, -0.1) is 0 Å². The molecule has 98 valence electrons. The molecule has 0 aliphatic heterocycles. The van der Waals surface area contributed by atoms with Crippen LogP contribution in [0.2, 0.25) is 0 Å². The lowest BCUT2D eigenvalue weighted by Crippen LogP contribution is -2.49. The molecule has 3 N–H and O–H groups in total. The van der Waals surface area contributed by atoms with Gasteiger partial charge >= 0.3 is 18.0 Å². The third-order valence-electron chi connectivity index (χ3n) is 1.77. The first-order chi connectivity index (χ1) is 7.88. The third kappa shape index (κ3) is 6.36. The number of aliphatic carboxylic acids is 1. The second kappa shape index (κ2) is 7.44. The maximum atomic E-state index is 11.3. The van der Waals surface area contributed by atoms with Crippen LogP contribution < -0.4 is 10.8 Å². The van der Waals surface area contributed by atoms with E-state index in [0.717, 1.165) is 0 Å². The molecular weight excluding hydrogens is 232 g/mol. The van der Waals surface area contributed by atoms with Crippen LogP contribution in [0, 0.1) is 5.92 Å². The molecule has 0 bridgehead atoms. The van der Waals surface area contributed by atoms with Crippen LogP contribution in [0.25, 0.3) is 0 Å². The first kappa shape index (κ1) is 15.2. The summed E-state index contributed by atoms with van der Waals surface area (Å²) in [5, 5.41) is 10.6. The van der Waals surface area contributed by atoms with Gasteiger partial charge in [0.05, 0.1) is 7.11 Å². The lowest BCUT2D eigenvalue weighted by Gasteiger charge is -2.19. The van der Waals surface area contributed by atoms with Gasteiger partial charge in [0, 0.05) is 0 Å². The zero-order valence-electron chi connectivity index (χ0n) is 9.85. The smallest absolute Gasteiger partial charge is 0.339 e. The minimum absolute atomic E-state index is 0.173. The quantitative estimate of drug-likeness (QED) is 0.431. The van der Waals surface area contributed by atoms with Crippen molar-refractivity contribution in [3.8, 4) is 0 Å². The van der Waals surface area contributed by atoms with Crippen molar-refractivity contribution in [1.29, 1.82) is 0 Å². The average Bonchev–Trinajstić information content (AvgIpc) is 2.24. The number of carbonyl (C=O) groups is 3. The van der Waals surface area contributed by atoms with Crippen LogP contribution >= 0.6 is 0 Å². The van der Waals surface area contributed by atoms with E-state index in [0.29, 0.717) is 0 Å². The fraction of sp³-hybridized carbons (Fsp3) is 0.667. The van der Waals surface area contributed by atoms with Crippen LogP contribution in [-0.4, -0.2) is 42.8 Å². The summed E-state index contributed by atoms with van der Waals surface area (Å²) in [6.45, 7) is 2.78. The summed E-state index contributed by atoms with van der Waals surface area (Å²) in [5.74, 6) is -1.99. The van der Waals surface area contributed by atoms with E-state index >= 15 is 0 Å². The molecule has 0 aliphatic carbocycles. The first-order valence-corrected chi connectivity index (χ1v) is 4.86. The Morgan fingerprint density at radius 2 is 1.88 bits per heavy atom. The molecule has 1 atom stereocenters. The fourth-order valence-corrected chi connectivity index (χ4v) is 0.959. The maximum Gasteiger partial charge on any atom is 0.339 e. The lowest BCUT2D eigenvalue weighted by atomic mass is 10.1. The zero-order valence-corrected chi connectivity index (χ0v) is 9.85. The SMILES string of the molecule is COC(=O)C(NC(=O)NOCC(=O)O)C(C)C. The number of hydrogen-bond donors (Lipinski definition) is 3. The molecule has 0 aliphatic rings. The second-order valence-corrected chi connectivity index (χ2v) is 3.50. The fourth-order valence-electron chi connectivity index (χ4n) is 0.959. The van der Waals surface area contributed by atoms with Gasteiger partial charge in [0.1, 0.15) is 6.04 Å². The van der Waals surface area contributed by atoms with E-state index in [4.69, 9.17) is 5.11 Å². The molecule has 0 aromatic heterocycles. The molecule has 0 aromatic rings. The summed E-state index contributed by atoms with van der Waals surface area (Å²) in [7, 11) is 1.21. The van der Waals surface area contributed by atoms with Crippen molar-refractivity contribution in [2.75, 3.05) is 13.7 Å². The Bertz CT molecular complexity index is 291. The predicted molar refractivity (Wildman–Crippen MR) is 55.9 cm³/mol. The Morgan fingerprint density at radius 1 is 1.29 bits per heavy atom. The van der Waals surface area contributed by atoms with Crippen molar-refractivity contribution in [2.24, 2.45) is 5.92 Å². The molecule has 0 spiro atoms. The van der Waals surface area contributed by atoms with Crippen molar-refractivity contribution in [3.63, 3.8) is 0 Å². The summed E-state index contributed by atoms with van der Waals surface area (Å²) in [6, 6.07) is -1.64. The Balaban J connectivity index is 4.13. The number of urea groups is 1. The normalized spacial score (nSPS) is 11.8. The Labute approximate surface area is 98.2 Å². The first-order valence-electron chi connectivity index (χ1n) is 4.86. The Kier molecular flexibility index (Phi) is 6.64. The Hall–Kier alpha value is -1.83. The molecule has 0 rings (SSSR count). The zero-order chi connectivity index (χ0) is 13.4. The number of hydrogen-bond acceptors (Lipinski definition) is 5. The van der Waals surface area contributed by atoms with Gasteiger partial charge < -0.3 is 15.2 Å². The van der Waals surface area contributed by atoms with Crippen molar-refractivity contribution in [1.82, 2.24) is 10.8 Å². The number of carbonyl (C=O) groups excluding carboxylic acids is 2. The molecule has 2 amide bonds. The summed E-state index contributed by atoms with van der Waals surface area (Å²) in [6.07, 6.45) is 0. The van der Waals surface area contributed by atoms with Gasteiger partial charge in [-0.3, -0.25) is 4.84 Å². The number of amides is 2. The van der Waals surface area contributed by atoms with E-state index in [2.05, 4.69) is 14.9 Å². The molecule has 0 radical (unpaired) electrons. The average molecular weight is 248 g/mol. The van der Waals surface area contributed by atoms with E-state index < -0.39 is 30.6 Å². The maximum absolute atomic E-state index is 11.3. The molecule has 0 aromatic carbocycles. The number of carboxylic acids is 1. The van der Waals surface area contributed by atoms with Crippen molar-refractivity contribution >= 4 is 18.0 Å². The van der Waals surface area contributed by atoms with Crippen molar-refractivity contribution in [2.45, 2.75) is 19.9 Å². The van der Waals surface area contributed by atoms with Gasteiger partial charge in [0.15, 0.2) is 6.61 Å². The van der Waals surface area contributed by atoms with Crippen LogP contribution in [0.5, 0.6) is 0 Å². The van der Waals surface area contributed by atoms with E-state index in [1.807, 2.05) is 5.48 Å². The Morgan fingerprint density at radius 3 is 2.29 bits per heavy atom. The second-order valence-electron chi connectivity index (χ2n) is 3.50. The van der Waals surface area contributed by atoms with Gasteiger partial charge in [0.2, 0.25) is 0 Å². The van der Waals surface area contributed by atoms with Crippen molar-refractivity contribution < 1.29 is 29.1 Å². The minimum Gasteiger partial charge on any atom is -0.479 e. The molecule has 1 unspecified atom stereocenters. The highest BCUT2D eigenvalue weighted by Crippen LogP contribution is 2.03. The van der Waals surface area contributed by atoms with Gasteiger partial charge in [-0.2, -0.15) is 0 Å². The van der Waals surface area contributed by atoms with E-state index in [-0.39, 0.29) is 5.92 Å². The van der Waals surface area contributed by atoms with Gasteiger partial charge in [-0.05, 0) is 5.92 Å². The lowest BCUT2D eigenvalue weighted by molar-refractivity contribution is -0.145. The monoisotopic (exact) mass is 248 g/mol. The molecule has 0 heterocycles. The van der Waals surface area contributed by atoms with Crippen LogP contribution in [0.15, 0.2) is 0 Å². The summed E-state index contributed by atoms with van der Waals surface area (Å²) < 4.78 is 4.50. The van der Waals surface area contributed by atoms with Gasteiger partial charge in [0.25, 0.3) is 0 Å². The largest absolute Gasteiger partial charge is 0.479 e. The van der Waals surface area contributed by atoms with E-state index in [1.54, 1.807) is 13.8 Å². The highest BCUT2D eigenvalue weighted by molar-refractivity contribution is 5.83. The van der Waals surface area contributed by atoms with Crippen molar-refractivity contribution in [3.05, 3.63) is 0 Å².